The summed E-state index contributed by atoms with van der Waals surface area (Å²) < 4.78 is 0. The lowest BCUT2D eigenvalue weighted by Gasteiger charge is -2.13. The molecule has 0 fully saturated rings. The summed E-state index contributed by atoms with van der Waals surface area (Å²) in [5.41, 5.74) is 5.90. The number of aromatic nitrogens is 8. The first-order valence-corrected chi connectivity index (χ1v) is 37.4. The van der Waals surface area contributed by atoms with E-state index in [1.165, 1.54) is 0 Å². The highest BCUT2D eigenvalue weighted by atomic mass is 32.2. The van der Waals surface area contributed by atoms with Crippen LogP contribution in [0.1, 0.15) is 0 Å². The van der Waals surface area contributed by atoms with Gasteiger partial charge in [0.2, 0.25) is 0 Å². The van der Waals surface area contributed by atoms with Crippen molar-refractivity contribution in [3.63, 3.8) is 0 Å². The van der Waals surface area contributed by atoms with Crippen LogP contribution < -0.4 is 0 Å². The molecule has 0 saturated heterocycles. The molecule has 3 aromatic heterocycles. The fourth-order valence-corrected chi connectivity index (χ4v) is 19.5. The van der Waals surface area contributed by atoms with Crippen LogP contribution in [-0.4, -0.2) is 39.9 Å². The number of nitrogens with one attached hydrogen (secondary N) is 2. The van der Waals surface area contributed by atoms with Gasteiger partial charge in [-0.2, -0.15) is 0 Å². The summed E-state index contributed by atoms with van der Waals surface area (Å²) in [6, 6.07) is 102. The van der Waals surface area contributed by atoms with E-state index in [9.17, 15) is 0 Å². The van der Waals surface area contributed by atoms with E-state index in [2.05, 4.69) is 301 Å². The number of benzene rings is 12. The zero-order valence-electron chi connectivity index (χ0n) is 50.7. The van der Waals surface area contributed by atoms with E-state index in [1.807, 2.05) is 0 Å². The average Bonchev–Trinajstić information content (AvgIpc) is 1.58. The largest absolute Gasteiger partial charge is 0.324 e. The standard InChI is InChI=1S/C80H50N8S8/c1-9-25-49(26-10-1)89-57-41-42-58(90-50-27-11-2-12-28-50)66-65(57)73-81-74(66)86-76-69-61(93-53-33-17-5-18-34-53)45-46-62(94-54-35-19-6-20-36-54)70(69)78(83-76)88-80-72-64(96-56-39-23-8-24-40-56)48-47-63(95-55-37-21-7-22-38-55)71(72)79(84-80)87-77-68-60(92-52-31-15-4-16-32-52)44-43-59(67(68)75(82-77)85-73)91-51-29-13-3-14-30-51/h1-48H,(H2,81,82,83,84,85,86,87,88). The Kier molecular flexibility index (Phi) is 17.1. The first-order valence-electron chi connectivity index (χ1n) is 30.9. The minimum absolute atomic E-state index is 0.513. The molecule has 8 bridgehead atoms. The second-order valence-corrected chi connectivity index (χ2v) is 31.1. The van der Waals surface area contributed by atoms with Gasteiger partial charge in [-0.25, -0.2) is 29.9 Å². The van der Waals surface area contributed by atoms with Crippen LogP contribution in [0, 0.1) is 0 Å². The zero-order valence-corrected chi connectivity index (χ0v) is 57.2. The lowest BCUT2D eigenvalue weighted by atomic mass is 10.1. The molecule has 0 spiro atoms. The highest BCUT2D eigenvalue weighted by molar-refractivity contribution is 8.01. The topological polar surface area (TPSA) is 109 Å². The van der Waals surface area contributed by atoms with Crippen molar-refractivity contribution < 1.29 is 0 Å². The molecular weight excluding hydrogens is 1330 g/mol. The molecule has 5 heterocycles. The van der Waals surface area contributed by atoms with Crippen LogP contribution >= 0.6 is 94.1 Å². The number of aromatic amines is 2. The van der Waals surface area contributed by atoms with E-state index in [0.717, 1.165) is 122 Å². The number of nitrogens with zero attached hydrogens (tertiary/aromatic N) is 6. The monoisotopic (exact) mass is 1380 g/mol. The van der Waals surface area contributed by atoms with E-state index in [4.69, 9.17) is 29.9 Å². The van der Waals surface area contributed by atoms with E-state index in [-0.39, 0.29) is 0 Å². The van der Waals surface area contributed by atoms with Crippen molar-refractivity contribution >= 4 is 138 Å². The summed E-state index contributed by atoms with van der Waals surface area (Å²) in [5, 5.41) is 3.61. The molecule has 17 rings (SSSR count). The van der Waals surface area contributed by atoms with Crippen molar-refractivity contribution in [2.45, 2.75) is 78.3 Å². The van der Waals surface area contributed by atoms with Crippen molar-refractivity contribution in [2.24, 2.45) is 0 Å². The first kappa shape index (κ1) is 60.5. The van der Waals surface area contributed by atoms with Gasteiger partial charge >= 0.3 is 0 Å². The predicted octanol–water partition coefficient (Wildman–Crippen LogP) is 24.1. The number of rotatable bonds is 16. The molecule has 0 atom stereocenters. The highest BCUT2D eigenvalue weighted by Gasteiger charge is 2.32. The maximum absolute atomic E-state index is 5.92. The van der Waals surface area contributed by atoms with Gasteiger partial charge in [0.25, 0.3) is 0 Å². The molecule has 458 valence electrons. The Labute approximate surface area is 588 Å². The maximum Gasteiger partial charge on any atom is 0.165 e. The summed E-state index contributed by atoms with van der Waals surface area (Å²) in [5.74, 6) is 2.05. The van der Waals surface area contributed by atoms with Gasteiger partial charge in [0.15, 0.2) is 23.3 Å². The fraction of sp³-hybridized carbons (Fsp3) is 0. The summed E-state index contributed by atoms with van der Waals surface area (Å²) in [7, 11) is 0. The highest BCUT2D eigenvalue weighted by Crippen LogP contribution is 2.53. The van der Waals surface area contributed by atoms with Gasteiger partial charge in [-0.1, -0.05) is 240 Å². The molecule has 15 aromatic rings. The SMILES string of the molecule is c1ccc(Sc2ccc(Sc3ccccc3)c3c2-c2nc-3nc3[nH]c(nc4nc(nc5[nH]c(n2)c2c(Sc6ccccc6)ccc(Sc6ccccc6)c52)-c2c(Sc5ccccc5)ccc(Sc5ccccc5)c2-4)c2c(Sc4ccccc4)ccc(Sc4ccccc4)c32)cc1. The molecule has 0 unspecified atom stereocenters. The molecule has 8 nitrogen and oxygen atoms in total. The van der Waals surface area contributed by atoms with E-state index < -0.39 is 0 Å². The Morgan fingerprint density at radius 1 is 0.167 bits per heavy atom. The molecule has 16 heteroatoms. The fourth-order valence-electron chi connectivity index (χ4n) is 11.7. The van der Waals surface area contributed by atoms with Gasteiger partial charge in [-0.05, 0) is 146 Å². The summed E-state index contributed by atoms with van der Waals surface area (Å²) in [6.07, 6.45) is 0. The van der Waals surface area contributed by atoms with Gasteiger partial charge in [0.05, 0.1) is 0 Å². The Morgan fingerprint density at radius 2 is 0.323 bits per heavy atom. The minimum atomic E-state index is 0.513. The second kappa shape index (κ2) is 27.1. The quantitative estimate of drug-likeness (QED) is 0.0958. The Bertz CT molecular complexity index is 4900. The molecule has 0 radical (unpaired) electrons. The third-order valence-electron chi connectivity index (χ3n) is 15.9. The Hall–Kier alpha value is -9.20. The molecular formula is C80H50N8S8. The molecule has 2 aliphatic heterocycles. The van der Waals surface area contributed by atoms with Crippen LogP contribution in [0.25, 0.3) is 89.7 Å². The second-order valence-electron chi connectivity index (χ2n) is 22.2. The van der Waals surface area contributed by atoms with Crippen molar-refractivity contribution in [1.82, 2.24) is 39.9 Å². The van der Waals surface area contributed by atoms with Crippen molar-refractivity contribution in [3.8, 4) is 45.6 Å². The van der Waals surface area contributed by atoms with Crippen LogP contribution in [0.2, 0.25) is 0 Å². The lowest BCUT2D eigenvalue weighted by Crippen LogP contribution is -1.90. The number of hydrogen-bond acceptors (Lipinski definition) is 14. The normalized spacial score (nSPS) is 11.7. The third kappa shape index (κ3) is 12.4. The Balaban J connectivity index is 1.06. The third-order valence-corrected chi connectivity index (χ3v) is 24.4. The molecule has 0 amide bonds. The van der Waals surface area contributed by atoms with Crippen LogP contribution in [-0.2, 0) is 0 Å². The zero-order chi connectivity index (χ0) is 63.7. The smallest absolute Gasteiger partial charge is 0.165 e. The average molecular weight is 1380 g/mol. The van der Waals surface area contributed by atoms with E-state index in [1.54, 1.807) is 94.1 Å². The molecule has 12 aromatic carbocycles. The number of fused-ring (bicyclic) bond motifs is 20. The van der Waals surface area contributed by atoms with Crippen molar-refractivity contribution in [2.75, 3.05) is 0 Å². The predicted molar refractivity (Wildman–Crippen MR) is 401 cm³/mol. The maximum atomic E-state index is 5.92. The lowest BCUT2D eigenvalue weighted by molar-refractivity contribution is 1.18. The summed E-state index contributed by atoms with van der Waals surface area (Å²) in [6.45, 7) is 0. The summed E-state index contributed by atoms with van der Waals surface area (Å²) in [4.78, 5) is 59.7. The van der Waals surface area contributed by atoms with Crippen molar-refractivity contribution in [1.29, 1.82) is 0 Å². The van der Waals surface area contributed by atoms with E-state index in [0.29, 0.717) is 45.9 Å². The van der Waals surface area contributed by atoms with Gasteiger partial charge in [-0.15, -0.1) is 0 Å². The van der Waals surface area contributed by atoms with Crippen molar-refractivity contribution in [3.05, 3.63) is 291 Å². The molecule has 0 aliphatic carbocycles. The van der Waals surface area contributed by atoms with Crippen LogP contribution in [0.15, 0.2) is 370 Å². The summed E-state index contributed by atoms with van der Waals surface area (Å²) >= 11 is 13.6. The first-order chi connectivity index (χ1) is 47.5. The molecule has 96 heavy (non-hydrogen) atoms. The number of hydrogen-bond donors (Lipinski definition) is 2. The van der Waals surface area contributed by atoms with Gasteiger partial charge in [0.1, 0.15) is 22.6 Å². The number of H-pyrrole nitrogens is 2. The Morgan fingerprint density at radius 3 is 0.500 bits per heavy atom. The molecule has 2 aliphatic rings. The van der Waals surface area contributed by atoms with Gasteiger partial charge in [-0.3, -0.25) is 0 Å². The molecule has 2 N–H and O–H groups in total. The van der Waals surface area contributed by atoms with Crippen LogP contribution in [0.3, 0.4) is 0 Å². The molecule has 0 saturated carbocycles. The van der Waals surface area contributed by atoms with Gasteiger partial charge in [0, 0.05) is 122 Å². The van der Waals surface area contributed by atoms with E-state index >= 15 is 0 Å². The van der Waals surface area contributed by atoms with Crippen LogP contribution in [0.5, 0.6) is 0 Å². The van der Waals surface area contributed by atoms with Crippen LogP contribution in [0.4, 0.5) is 0 Å². The van der Waals surface area contributed by atoms with Gasteiger partial charge < -0.3 is 9.97 Å². The minimum Gasteiger partial charge on any atom is -0.324 e.